The third-order valence-electron chi connectivity index (χ3n) is 4.67. The van der Waals surface area contributed by atoms with Gasteiger partial charge < -0.3 is 10.2 Å². The molecule has 0 saturated carbocycles. The molecule has 0 spiro atoms. The topological polar surface area (TPSA) is 49.4 Å². The van der Waals surface area contributed by atoms with E-state index in [9.17, 15) is 27.2 Å². The van der Waals surface area contributed by atoms with Crippen LogP contribution >= 0.6 is 11.6 Å². The number of benzene rings is 2. The highest BCUT2D eigenvalue weighted by atomic mass is 35.5. The van der Waals surface area contributed by atoms with E-state index in [0.29, 0.717) is 5.56 Å². The van der Waals surface area contributed by atoms with Crippen LogP contribution in [0.5, 0.6) is 0 Å². The number of likely N-dealkylation sites (N-methyl/N-ethyl adjacent to an activating group) is 1. The average molecular weight is 415 g/mol. The number of anilines is 1. The van der Waals surface area contributed by atoms with Gasteiger partial charge in [-0.2, -0.15) is 13.2 Å². The maximum atomic E-state index is 13.6. The van der Waals surface area contributed by atoms with Crippen LogP contribution in [-0.2, 0) is 15.8 Å². The summed E-state index contributed by atoms with van der Waals surface area (Å²) in [5.41, 5.74) is -0.377. The van der Waals surface area contributed by atoms with Crippen LogP contribution in [0.2, 0.25) is 5.02 Å². The summed E-state index contributed by atoms with van der Waals surface area (Å²) in [6.45, 7) is 0.166. The summed E-state index contributed by atoms with van der Waals surface area (Å²) in [6, 6.07) is 8.21. The van der Waals surface area contributed by atoms with Crippen LogP contribution in [0.4, 0.5) is 23.2 Å². The molecule has 2 aromatic rings. The van der Waals surface area contributed by atoms with Crippen molar-refractivity contribution in [2.24, 2.45) is 5.92 Å². The highest BCUT2D eigenvalue weighted by molar-refractivity contribution is 6.34. The number of hydrogen-bond acceptors (Lipinski definition) is 2. The van der Waals surface area contributed by atoms with Crippen molar-refractivity contribution < 1.29 is 27.2 Å². The molecule has 9 heteroatoms. The Balaban J connectivity index is 1.88. The van der Waals surface area contributed by atoms with E-state index < -0.39 is 41.2 Å². The molecule has 1 saturated heterocycles. The number of likely N-dealkylation sites (tertiary alicyclic amines) is 1. The van der Waals surface area contributed by atoms with E-state index in [1.165, 1.54) is 36.2 Å². The lowest BCUT2D eigenvalue weighted by Crippen LogP contribution is -2.32. The first-order valence-corrected chi connectivity index (χ1v) is 8.64. The monoisotopic (exact) mass is 414 g/mol. The molecule has 148 valence electrons. The van der Waals surface area contributed by atoms with Crippen molar-refractivity contribution in [1.29, 1.82) is 0 Å². The van der Waals surface area contributed by atoms with Gasteiger partial charge in [0.15, 0.2) is 0 Å². The molecule has 1 heterocycles. The molecule has 1 N–H and O–H groups in total. The molecule has 0 unspecified atom stereocenters. The molecule has 2 amide bonds. The Morgan fingerprint density at radius 2 is 1.82 bits per heavy atom. The van der Waals surface area contributed by atoms with Crippen LogP contribution in [-0.4, -0.2) is 30.3 Å². The molecule has 28 heavy (non-hydrogen) atoms. The van der Waals surface area contributed by atoms with E-state index in [1.807, 2.05) is 0 Å². The number of carbonyl (C=O) groups is 2. The molecule has 2 atom stereocenters. The van der Waals surface area contributed by atoms with E-state index in [0.717, 1.165) is 18.2 Å². The lowest BCUT2D eigenvalue weighted by atomic mass is 9.87. The first kappa shape index (κ1) is 20.1. The first-order valence-electron chi connectivity index (χ1n) is 8.26. The quantitative estimate of drug-likeness (QED) is 0.601. The van der Waals surface area contributed by atoms with Gasteiger partial charge >= 0.3 is 6.18 Å². The van der Waals surface area contributed by atoms with Crippen molar-refractivity contribution in [3.63, 3.8) is 0 Å². The van der Waals surface area contributed by atoms with Crippen molar-refractivity contribution in [2.45, 2.75) is 12.1 Å². The molecule has 1 aliphatic rings. The number of nitrogens with one attached hydrogen (secondary N) is 1. The van der Waals surface area contributed by atoms with Gasteiger partial charge in [0.25, 0.3) is 0 Å². The number of rotatable bonds is 3. The van der Waals surface area contributed by atoms with Gasteiger partial charge in [-0.25, -0.2) is 4.39 Å². The molecule has 0 radical (unpaired) electrons. The van der Waals surface area contributed by atoms with Crippen molar-refractivity contribution >= 4 is 29.1 Å². The molecular weight excluding hydrogens is 400 g/mol. The molecule has 1 aliphatic heterocycles. The minimum absolute atomic E-state index is 0.0141. The van der Waals surface area contributed by atoms with Gasteiger partial charge in [0.05, 0.1) is 16.3 Å². The second kappa shape index (κ2) is 7.43. The van der Waals surface area contributed by atoms with E-state index in [1.54, 1.807) is 0 Å². The van der Waals surface area contributed by atoms with E-state index in [-0.39, 0.29) is 17.3 Å². The average Bonchev–Trinajstić information content (AvgIpc) is 2.93. The van der Waals surface area contributed by atoms with Crippen molar-refractivity contribution in [3.05, 3.63) is 64.4 Å². The number of hydrogen-bond donors (Lipinski definition) is 1. The van der Waals surface area contributed by atoms with Crippen LogP contribution in [0.15, 0.2) is 42.5 Å². The summed E-state index contributed by atoms with van der Waals surface area (Å²) in [5.74, 6) is -3.72. The number of halogens is 5. The van der Waals surface area contributed by atoms with Gasteiger partial charge in [-0.05, 0) is 29.8 Å². The zero-order valence-electron chi connectivity index (χ0n) is 14.6. The standard InChI is InChI=1S/C19H15ClF4N2O2/c1-26-9-12(10-5-7-11(8-6-10)19(22,23)24)15(18(26)28)17(27)25-14-4-2-3-13(21)16(14)20/h2-8,12,15H,9H2,1H3,(H,25,27)/t12-,15+/m1/s1. The Kier molecular flexibility index (Phi) is 5.34. The maximum Gasteiger partial charge on any atom is 0.416 e. The summed E-state index contributed by atoms with van der Waals surface area (Å²) >= 11 is 5.83. The molecule has 0 aliphatic carbocycles. The minimum Gasteiger partial charge on any atom is -0.344 e. The lowest BCUT2D eigenvalue weighted by Gasteiger charge is -2.18. The fourth-order valence-electron chi connectivity index (χ4n) is 3.22. The highest BCUT2D eigenvalue weighted by Gasteiger charge is 2.44. The van der Waals surface area contributed by atoms with Gasteiger partial charge in [0.1, 0.15) is 11.7 Å². The fourth-order valence-corrected chi connectivity index (χ4v) is 3.40. The Labute approximate surface area is 163 Å². The highest BCUT2D eigenvalue weighted by Crippen LogP contribution is 2.36. The third-order valence-corrected chi connectivity index (χ3v) is 5.06. The van der Waals surface area contributed by atoms with E-state index in [2.05, 4.69) is 5.32 Å². The third kappa shape index (κ3) is 3.82. The van der Waals surface area contributed by atoms with E-state index in [4.69, 9.17) is 11.6 Å². The van der Waals surface area contributed by atoms with Gasteiger partial charge in [0, 0.05) is 19.5 Å². The molecule has 1 fully saturated rings. The Morgan fingerprint density at radius 3 is 2.43 bits per heavy atom. The van der Waals surface area contributed by atoms with Gasteiger partial charge in [-0.3, -0.25) is 9.59 Å². The summed E-state index contributed by atoms with van der Waals surface area (Å²) < 4.78 is 51.9. The number of alkyl halides is 3. The molecule has 3 rings (SSSR count). The minimum atomic E-state index is -4.48. The van der Waals surface area contributed by atoms with Crippen LogP contribution in [0.1, 0.15) is 17.0 Å². The lowest BCUT2D eigenvalue weighted by molar-refractivity contribution is -0.138. The number of nitrogens with zero attached hydrogens (tertiary/aromatic N) is 1. The summed E-state index contributed by atoms with van der Waals surface area (Å²) in [4.78, 5) is 26.5. The molecular formula is C19H15ClF4N2O2. The van der Waals surface area contributed by atoms with Crippen molar-refractivity contribution in [2.75, 3.05) is 18.9 Å². The predicted molar refractivity (Wildman–Crippen MR) is 95.4 cm³/mol. The fraction of sp³-hybridized carbons (Fsp3) is 0.263. The van der Waals surface area contributed by atoms with Crippen LogP contribution in [0.25, 0.3) is 0 Å². The molecule has 2 aromatic carbocycles. The van der Waals surface area contributed by atoms with Crippen molar-refractivity contribution in [3.8, 4) is 0 Å². The molecule has 4 nitrogen and oxygen atoms in total. The van der Waals surface area contributed by atoms with Crippen LogP contribution < -0.4 is 5.32 Å². The van der Waals surface area contributed by atoms with Crippen LogP contribution in [0.3, 0.4) is 0 Å². The number of carbonyl (C=O) groups excluding carboxylic acids is 2. The van der Waals surface area contributed by atoms with Gasteiger partial charge in [-0.15, -0.1) is 0 Å². The Morgan fingerprint density at radius 1 is 1.18 bits per heavy atom. The summed E-state index contributed by atoms with van der Waals surface area (Å²) in [6.07, 6.45) is -4.48. The zero-order chi connectivity index (χ0) is 20.6. The Hall–Kier alpha value is -2.61. The second-order valence-electron chi connectivity index (χ2n) is 6.51. The van der Waals surface area contributed by atoms with Crippen LogP contribution in [0, 0.1) is 11.7 Å². The summed E-state index contributed by atoms with van der Waals surface area (Å²) in [5, 5.41) is 2.15. The largest absolute Gasteiger partial charge is 0.416 e. The SMILES string of the molecule is CN1C[C@H](c2ccc(C(F)(F)F)cc2)[C@@H](C(=O)Nc2cccc(F)c2Cl)C1=O. The second-order valence-corrected chi connectivity index (χ2v) is 6.89. The van der Waals surface area contributed by atoms with Gasteiger partial charge in [-0.1, -0.05) is 29.8 Å². The number of amides is 2. The van der Waals surface area contributed by atoms with Gasteiger partial charge in [0.2, 0.25) is 11.8 Å². The maximum absolute atomic E-state index is 13.6. The predicted octanol–water partition coefficient (Wildman–Crippen LogP) is 4.31. The smallest absolute Gasteiger partial charge is 0.344 e. The Bertz CT molecular complexity index is 915. The molecule has 0 aromatic heterocycles. The first-order chi connectivity index (χ1) is 13.1. The van der Waals surface area contributed by atoms with Crippen molar-refractivity contribution in [1.82, 2.24) is 4.90 Å². The zero-order valence-corrected chi connectivity index (χ0v) is 15.3. The molecule has 0 bridgehead atoms. The van der Waals surface area contributed by atoms with E-state index >= 15 is 0 Å². The normalized spacial score (nSPS) is 19.8. The summed E-state index contributed by atoms with van der Waals surface area (Å²) in [7, 11) is 1.50.